The van der Waals surface area contributed by atoms with Gasteiger partial charge in [0.05, 0.1) is 13.4 Å². The maximum atomic E-state index is 10.0. The molecule has 1 N–H and O–H groups in total. The molecule has 6 heteroatoms. The Kier molecular flexibility index (Phi) is 4.91. The molecular formula is C18H16Br4O2. The number of benzene rings is 2. The van der Waals surface area contributed by atoms with Crippen LogP contribution in [0.2, 0.25) is 0 Å². The molecule has 128 valence electrons. The second kappa shape index (κ2) is 6.29. The molecule has 1 heterocycles. The normalized spacial score (nSPS) is 22.0. The third-order valence-electron chi connectivity index (χ3n) is 4.47. The van der Waals surface area contributed by atoms with E-state index in [1.165, 1.54) is 5.56 Å². The Labute approximate surface area is 175 Å². The van der Waals surface area contributed by atoms with E-state index in [0.29, 0.717) is 8.95 Å². The zero-order chi connectivity index (χ0) is 17.9. The largest absolute Gasteiger partial charge is 0.506 e. The first-order valence-corrected chi connectivity index (χ1v) is 10.6. The third-order valence-corrected chi connectivity index (χ3v) is 6.73. The lowest BCUT2D eigenvalue weighted by Gasteiger charge is -2.45. The summed E-state index contributed by atoms with van der Waals surface area (Å²) in [5, 5.41) is 10.0. The molecule has 0 aromatic heterocycles. The van der Waals surface area contributed by atoms with Crippen LogP contribution in [-0.2, 0) is 11.0 Å². The van der Waals surface area contributed by atoms with Gasteiger partial charge in [0.1, 0.15) is 17.1 Å². The van der Waals surface area contributed by atoms with Crippen molar-refractivity contribution in [2.75, 3.05) is 0 Å². The van der Waals surface area contributed by atoms with E-state index < -0.39 is 5.60 Å². The summed E-state index contributed by atoms with van der Waals surface area (Å²) in [6, 6.07) is 7.98. The molecule has 0 saturated heterocycles. The summed E-state index contributed by atoms with van der Waals surface area (Å²) in [7, 11) is 0. The first-order valence-electron chi connectivity index (χ1n) is 7.40. The van der Waals surface area contributed by atoms with E-state index in [0.717, 1.165) is 26.7 Å². The van der Waals surface area contributed by atoms with Gasteiger partial charge in [-0.1, -0.05) is 29.8 Å². The molecule has 0 radical (unpaired) electrons. The Morgan fingerprint density at radius 3 is 2.08 bits per heavy atom. The molecule has 1 aliphatic rings. The molecule has 1 aliphatic heterocycles. The van der Waals surface area contributed by atoms with Crippen LogP contribution in [0.25, 0.3) is 0 Å². The van der Waals surface area contributed by atoms with Crippen molar-refractivity contribution in [2.24, 2.45) is 0 Å². The molecular weight excluding hydrogens is 568 g/mol. The summed E-state index contributed by atoms with van der Waals surface area (Å²) in [6.07, 6.45) is 0.819. The molecule has 0 fully saturated rings. The van der Waals surface area contributed by atoms with Gasteiger partial charge in [0.25, 0.3) is 0 Å². The lowest BCUT2D eigenvalue weighted by molar-refractivity contribution is 0.0314. The van der Waals surface area contributed by atoms with Gasteiger partial charge in [-0.2, -0.15) is 0 Å². The van der Waals surface area contributed by atoms with Gasteiger partial charge in [-0.15, -0.1) is 0 Å². The van der Waals surface area contributed by atoms with Crippen LogP contribution in [0.5, 0.6) is 11.5 Å². The second-order valence-electron chi connectivity index (χ2n) is 6.95. The number of rotatable bonds is 1. The number of halogens is 4. The van der Waals surface area contributed by atoms with Crippen LogP contribution in [0.4, 0.5) is 0 Å². The monoisotopic (exact) mass is 580 g/mol. The average molecular weight is 584 g/mol. The van der Waals surface area contributed by atoms with Gasteiger partial charge in [-0.05, 0) is 90.0 Å². The van der Waals surface area contributed by atoms with Crippen molar-refractivity contribution in [1.82, 2.24) is 0 Å². The first kappa shape index (κ1) is 18.7. The fourth-order valence-corrected chi connectivity index (χ4v) is 5.89. The minimum Gasteiger partial charge on any atom is -0.506 e. The van der Waals surface area contributed by atoms with Gasteiger partial charge < -0.3 is 9.84 Å². The average Bonchev–Trinajstić information content (AvgIpc) is 2.45. The lowest BCUT2D eigenvalue weighted by Crippen LogP contribution is -2.41. The summed E-state index contributed by atoms with van der Waals surface area (Å²) in [4.78, 5) is 0. The van der Waals surface area contributed by atoms with Crippen LogP contribution < -0.4 is 4.74 Å². The van der Waals surface area contributed by atoms with E-state index in [-0.39, 0.29) is 11.2 Å². The van der Waals surface area contributed by atoms with Crippen molar-refractivity contribution in [3.05, 3.63) is 53.3 Å². The van der Waals surface area contributed by atoms with E-state index in [4.69, 9.17) is 4.74 Å². The van der Waals surface area contributed by atoms with Gasteiger partial charge in [0, 0.05) is 16.5 Å². The van der Waals surface area contributed by atoms with Crippen molar-refractivity contribution in [1.29, 1.82) is 0 Å². The van der Waals surface area contributed by atoms with Crippen LogP contribution in [0.15, 0.2) is 42.2 Å². The molecule has 0 spiro atoms. The van der Waals surface area contributed by atoms with Crippen molar-refractivity contribution >= 4 is 63.7 Å². The maximum absolute atomic E-state index is 10.0. The van der Waals surface area contributed by atoms with Crippen molar-refractivity contribution in [3.63, 3.8) is 0 Å². The highest BCUT2D eigenvalue weighted by atomic mass is 79.9. The van der Waals surface area contributed by atoms with E-state index in [1.807, 2.05) is 18.2 Å². The predicted octanol–water partition coefficient (Wildman–Crippen LogP) is 7.42. The molecule has 0 saturated carbocycles. The molecule has 2 nitrogen and oxygen atoms in total. The molecule has 0 aliphatic carbocycles. The van der Waals surface area contributed by atoms with Crippen molar-refractivity contribution < 1.29 is 9.84 Å². The molecule has 2 aromatic rings. The van der Waals surface area contributed by atoms with Gasteiger partial charge >= 0.3 is 0 Å². The summed E-state index contributed by atoms with van der Waals surface area (Å²) < 4.78 is 9.75. The van der Waals surface area contributed by atoms with Gasteiger partial charge in [-0.25, -0.2) is 0 Å². The number of hydrogen-bond acceptors (Lipinski definition) is 2. The van der Waals surface area contributed by atoms with E-state index in [2.05, 4.69) is 90.6 Å². The maximum Gasteiger partial charge on any atom is 0.143 e. The Balaban J connectivity index is 2.17. The minimum atomic E-state index is -0.508. The fraction of sp³-hybridized carbons (Fsp3) is 0.333. The predicted molar refractivity (Wildman–Crippen MR) is 111 cm³/mol. The minimum absolute atomic E-state index is 0.0640. The van der Waals surface area contributed by atoms with Crippen LogP contribution >= 0.6 is 63.7 Å². The van der Waals surface area contributed by atoms with Crippen LogP contribution in [0, 0.1) is 0 Å². The van der Waals surface area contributed by atoms with E-state index >= 15 is 0 Å². The molecule has 3 rings (SSSR count). The van der Waals surface area contributed by atoms with Crippen LogP contribution in [0.3, 0.4) is 0 Å². The van der Waals surface area contributed by atoms with Crippen LogP contribution in [0.1, 0.15) is 38.3 Å². The Morgan fingerprint density at radius 2 is 1.50 bits per heavy atom. The van der Waals surface area contributed by atoms with Crippen LogP contribution in [-0.4, -0.2) is 5.11 Å². The number of ether oxygens (including phenoxy) is 1. The quantitative estimate of drug-likeness (QED) is 0.379. The van der Waals surface area contributed by atoms with Crippen molar-refractivity contribution in [2.45, 2.75) is 38.2 Å². The highest BCUT2D eigenvalue weighted by molar-refractivity contribution is 9.11. The van der Waals surface area contributed by atoms with Gasteiger partial charge in [0.2, 0.25) is 0 Å². The molecule has 1 unspecified atom stereocenters. The molecule has 0 amide bonds. The standard InChI is InChI=1S/C18H16Br4O2/c1-17(2)8-18(3,9-4-12(20)15(23)13(21)5-9)24-16-11(17)6-10(19)7-14(16)22/h4-7,23H,8H2,1-3H3. The summed E-state index contributed by atoms with van der Waals surface area (Å²) >= 11 is 14.0. The smallest absolute Gasteiger partial charge is 0.143 e. The molecule has 0 bridgehead atoms. The zero-order valence-corrected chi connectivity index (χ0v) is 19.7. The summed E-state index contributed by atoms with van der Waals surface area (Å²) in [5.74, 6) is 1.07. The Morgan fingerprint density at radius 1 is 0.917 bits per heavy atom. The Bertz CT molecular complexity index is 809. The van der Waals surface area contributed by atoms with E-state index in [9.17, 15) is 5.11 Å². The second-order valence-corrected chi connectivity index (χ2v) is 10.4. The first-order chi connectivity index (χ1) is 11.0. The number of aromatic hydroxyl groups is 1. The zero-order valence-electron chi connectivity index (χ0n) is 13.4. The summed E-state index contributed by atoms with van der Waals surface area (Å²) in [6.45, 7) is 6.56. The number of phenolic OH excluding ortho intramolecular Hbond substituents is 1. The van der Waals surface area contributed by atoms with Crippen molar-refractivity contribution in [3.8, 4) is 11.5 Å². The third kappa shape index (κ3) is 3.19. The highest BCUT2D eigenvalue weighted by Crippen LogP contribution is 2.52. The highest BCUT2D eigenvalue weighted by Gasteiger charge is 2.44. The topological polar surface area (TPSA) is 29.5 Å². The molecule has 24 heavy (non-hydrogen) atoms. The van der Waals surface area contributed by atoms with Gasteiger partial charge in [-0.3, -0.25) is 0 Å². The van der Waals surface area contributed by atoms with E-state index in [1.54, 1.807) is 0 Å². The summed E-state index contributed by atoms with van der Waals surface area (Å²) in [5.41, 5.74) is 1.61. The fourth-order valence-electron chi connectivity index (χ4n) is 3.40. The Hall–Kier alpha value is -0.0400. The lowest BCUT2D eigenvalue weighted by atomic mass is 9.71. The van der Waals surface area contributed by atoms with Gasteiger partial charge in [0.15, 0.2) is 0 Å². The SMILES string of the molecule is CC1(C)CC(C)(c2cc(Br)c(O)c(Br)c2)Oc2c(Br)cc(Br)cc21. The number of fused-ring (bicyclic) bond motifs is 1. The molecule has 2 aromatic carbocycles. The molecule has 1 atom stereocenters. The number of phenols is 1. The number of hydrogen-bond donors (Lipinski definition) is 1.